The molecule has 6 nitrogen and oxygen atoms in total. The second kappa shape index (κ2) is 12.9. The van der Waals surface area contributed by atoms with Crippen LogP contribution in [0.15, 0.2) is 64.5 Å². The number of hydrogen-bond acceptors (Lipinski definition) is 5. The number of benzene rings is 2. The molecule has 226 valence electrons. The van der Waals surface area contributed by atoms with Crippen molar-refractivity contribution in [3.63, 3.8) is 0 Å². The summed E-state index contributed by atoms with van der Waals surface area (Å²) in [5.74, 6) is 0.0863. The van der Waals surface area contributed by atoms with Crippen molar-refractivity contribution in [2.75, 3.05) is 27.2 Å². The SMILES string of the molecule is CN(C)C(=O)[C@H](Cc1ccccc1)N=C1NC(=O)SC1=CC1CCN(Cc2ccc(C(F)(F)F)cc2C(F)(F)F)CC1. The van der Waals surface area contributed by atoms with Gasteiger partial charge in [-0.25, -0.2) is 0 Å². The van der Waals surface area contributed by atoms with Gasteiger partial charge >= 0.3 is 12.4 Å². The summed E-state index contributed by atoms with van der Waals surface area (Å²) in [6.45, 7) is 0.702. The first-order valence-electron chi connectivity index (χ1n) is 13.2. The number of amides is 2. The van der Waals surface area contributed by atoms with Crippen molar-refractivity contribution in [2.45, 2.75) is 44.2 Å². The van der Waals surface area contributed by atoms with Crippen molar-refractivity contribution in [2.24, 2.45) is 10.9 Å². The number of likely N-dealkylation sites (tertiary alicyclic amines) is 1. The Morgan fingerprint density at radius 3 is 2.33 bits per heavy atom. The van der Waals surface area contributed by atoms with Crippen LogP contribution >= 0.6 is 11.8 Å². The quantitative estimate of drug-likeness (QED) is 0.369. The number of nitrogens with zero attached hydrogens (tertiary/aromatic N) is 3. The lowest BCUT2D eigenvalue weighted by molar-refractivity contribution is -0.143. The van der Waals surface area contributed by atoms with Gasteiger partial charge in [-0.1, -0.05) is 42.5 Å². The fourth-order valence-electron chi connectivity index (χ4n) is 4.91. The summed E-state index contributed by atoms with van der Waals surface area (Å²) in [5.41, 5.74) is -1.92. The van der Waals surface area contributed by atoms with Gasteiger partial charge in [0, 0.05) is 27.1 Å². The van der Waals surface area contributed by atoms with Crippen molar-refractivity contribution < 1.29 is 35.9 Å². The molecule has 0 saturated carbocycles. The number of likely N-dealkylation sites (N-methyl/N-ethyl adjacent to an activating group) is 1. The third-order valence-electron chi connectivity index (χ3n) is 7.10. The Labute approximate surface area is 243 Å². The number of rotatable bonds is 7. The van der Waals surface area contributed by atoms with Crippen LogP contribution in [-0.4, -0.2) is 60.0 Å². The molecule has 2 amide bonds. The number of carbonyl (C=O) groups excluding carboxylic acids is 2. The standard InChI is InChI=1S/C29H30F6N4O2S/c1-38(2)26(40)23(14-18-6-4-3-5-7-18)36-25-24(42-27(41)37-25)15-19-10-12-39(13-11-19)17-20-8-9-21(28(30,31)32)16-22(20)29(33,34)35/h3-9,15-16,19,23H,10-14,17H2,1-2H3,(H,36,37,41)/t23-/m0/s1. The molecule has 2 aromatic rings. The molecule has 42 heavy (non-hydrogen) atoms. The lowest BCUT2D eigenvalue weighted by Gasteiger charge is -2.31. The highest BCUT2D eigenvalue weighted by atomic mass is 32.2. The molecule has 2 fully saturated rings. The van der Waals surface area contributed by atoms with E-state index in [9.17, 15) is 35.9 Å². The molecule has 0 unspecified atom stereocenters. The Balaban J connectivity index is 1.46. The van der Waals surface area contributed by atoms with E-state index in [0.29, 0.717) is 49.2 Å². The molecular formula is C29H30F6N4O2S. The smallest absolute Gasteiger partial charge is 0.347 e. The van der Waals surface area contributed by atoms with E-state index in [1.165, 1.54) is 4.90 Å². The molecule has 2 heterocycles. The molecule has 0 spiro atoms. The van der Waals surface area contributed by atoms with Gasteiger partial charge in [-0.2, -0.15) is 26.3 Å². The summed E-state index contributed by atoms with van der Waals surface area (Å²) in [6.07, 6.45) is -6.41. The van der Waals surface area contributed by atoms with E-state index in [1.807, 2.05) is 36.4 Å². The molecule has 0 radical (unpaired) electrons. The molecule has 2 saturated heterocycles. The van der Waals surface area contributed by atoms with Crippen LogP contribution < -0.4 is 5.32 Å². The van der Waals surface area contributed by atoms with E-state index >= 15 is 0 Å². The molecule has 0 bridgehead atoms. The van der Waals surface area contributed by atoms with Crippen molar-refractivity contribution in [3.8, 4) is 0 Å². The maximum Gasteiger partial charge on any atom is 0.416 e. The lowest BCUT2D eigenvalue weighted by Crippen LogP contribution is -2.36. The highest BCUT2D eigenvalue weighted by Gasteiger charge is 2.38. The molecule has 4 rings (SSSR count). The molecule has 1 N–H and O–H groups in total. The van der Waals surface area contributed by atoms with Gasteiger partial charge in [0.15, 0.2) is 0 Å². The number of aliphatic imine (C=N–C) groups is 1. The van der Waals surface area contributed by atoms with Gasteiger partial charge in [-0.15, -0.1) is 0 Å². The Hall–Kier alpha value is -3.32. The highest BCUT2D eigenvalue weighted by Crippen LogP contribution is 2.38. The van der Waals surface area contributed by atoms with Crippen LogP contribution in [0.25, 0.3) is 0 Å². The number of piperidine rings is 1. The van der Waals surface area contributed by atoms with E-state index < -0.39 is 29.5 Å². The van der Waals surface area contributed by atoms with Crippen molar-refractivity contribution in [1.82, 2.24) is 15.1 Å². The number of halogens is 6. The highest BCUT2D eigenvalue weighted by molar-refractivity contribution is 8.18. The number of carbonyl (C=O) groups is 2. The topological polar surface area (TPSA) is 65.0 Å². The van der Waals surface area contributed by atoms with E-state index in [0.717, 1.165) is 23.4 Å². The third kappa shape index (κ3) is 8.15. The van der Waals surface area contributed by atoms with Crippen LogP contribution in [-0.2, 0) is 30.1 Å². The number of nitrogens with one attached hydrogen (secondary N) is 1. The Morgan fingerprint density at radius 1 is 1.07 bits per heavy atom. The van der Waals surface area contributed by atoms with Crippen LogP contribution in [0.1, 0.15) is 35.1 Å². The maximum atomic E-state index is 13.6. The summed E-state index contributed by atoms with van der Waals surface area (Å²) in [6, 6.07) is 10.4. The van der Waals surface area contributed by atoms with Crippen LogP contribution in [0.4, 0.5) is 31.1 Å². The van der Waals surface area contributed by atoms with Gasteiger partial charge in [0.2, 0.25) is 5.91 Å². The number of amidine groups is 1. The first-order chi connectivity index (χ1) is 19.7. The zero-order valence-electron chi connectivity index (χ0n) is 22.9. The molecule has 2 aliphatic heterocycles. The van der Waals surface area contributed by atoms with Crippen LogP contribution in [0.3, 0.4) is 0 Å². The number of allylic oxidation sites excluding steroid dienone is 1. The summed E-state index contributed by atoms with van der Waals surface area (Å²) in [7, 11) is 3.27. The maximum absolute atomic E-state index is 13.6. The van der Waals surface area contributed by atoms with Crippen LogP contribution in [0.2, 0.25) is 0 Å². The van der Waals surface area contributed by atoms with E-state index in [4.69, 9.17) is 0 Å². The van der Waals surface area contributed by atoms with Crippen LogP contribution in [0, 0.1) is 5.92 Å². The van der Waals surface area contributed by atoms with E-state index in [1.54, 1.807) is 19.0 Å². The summed E-state index contributed by atoms with van der Waals surface area (Å²) in [4.78, 5) is 33.6. The van der Waals surface area contributed by atoms with E-state index in [-0.39, 0.29) is 35.2 Å². The van der Waals surface area contributed by atoms with Crippen molar-refractivity contribution in [1.29, 1.82) is 0 Å². The third-order valence-corrected chi connectivity index (χ3v) is 7.93. The zero-order chi connectivity index (χ0) is 30.7. The normalized spacial score (nSPS) is 19.8. The number of thioether (sulfide) groups is 1. The minimum Gasteiger partial charge on any atom is -0.347 e. The minimum atomic E-state index is -4.92. The van der Waals surface area contributed by atoms with Crippen LogP contribution in [0.5, 0.6) is 0 Å². The summed E-state index contributed by atoms with van der Waals surface area (Å²) < 4.78 is 79.8. The second-order valence-electron chi connectivity index (χ2n) is 10.4. The van der Waals surface area contributed by atoms with Crippen molar-refractivity contribution in [3.05, 3.63) is 81.8 Å². The van der Waals surface area contributed by atoms with Gasteiger partial charge in [0.05, 0.1) is 16.0 Å². The number of alkyl halides is 6. The Morgan fingerprint density at radius 2 is 1.74 bits per heavy atom. The fourth-order valence-corrected chi connectivity index (χ4v) is 5.72. The zero-order valence-corrected chi connectivity index (χ0v) is 23.7. The minimum absolute atomic E-state index is 0.00605. The fraction of sp³-hybridized carbons (Fsp3) is 0.414. The summed E-state index contributed by atoms with van der Waals surface area (Å²) >= 11 is 0.972. The second-order valence-corrected chi connectivity index (χ2v) is 11.5. The first-order valence-corrected chi connectivity index (χ1v) is 14.1. The average molecular weight is 613 g/mol. The van der Waals surface area contributed by atoms with Gasteiger partial charge < -0.3 is 10.2 Å². The molecule has 2 aliphatic rings. The van der Waals surface area contributed by atoms with Gasteiger partial charge in [0.25, 0.3) is 5.24 Å². The average Bonchev–Trinajstić information content (AvgIpc) is 3.26. The Bertz CT molecular complexity index is 1350. The largest absolute Gasteiger partial charge is 0.416 e. The van der Waals surface area contributed by atoms with Crippen molar-refractivity contribution >= 4 is 28.7 Å². The van der Waals surface area contributed by atoms with Gasteiger partial charge in [-0.3, -0.25) is 19.5 Å². The van der Waals surface area contributed by atoms with Gasteiger partial charge in [0.1, 0.15) is 11.9 Å². The first kappa shape index (κ1) is 31.6. The molecular weight excluding hydrogens is 582 g/mol. The van der Waals surface area contributed by atoms with E-state index in [2.05, 4.69) is 10.3 Å². The molecule has 0 aromatic heterocycles. The molecule has 2 aromatic carbocycles. The number of hydrogen-bond donors (Lipinski definition) is 1. The molecule has 1 atom stereocenters. The predicted molar refractivity (Wildman–Crippen MR) is 149 cm³/mol. The monoisotopic (exact) mass is 612 g/mol. The van der Waals surface area contributed by atoms with Gasteiger partial charge in [-0.05, 0) is 66.9 Å². The molecule has 13 heteroatoms. The lowest BCUT2D eigenvalue weighted by atomic mass is 9.95. The molecule has 0 aliphatic carbocycles. The predicted octanol–water partition coefficient (Wildman–Crippen LogP) is 6.37. The summed E-state index contributed by atoms with van der Waals surface area (Å²) in [5, 5.41) is 2.39. The Kier molecular flexibility index (Phi) is 9.71.